The molecule has 1 N–H and O–H groups in total. The SMILES string of the molecule is CC1(C)CC(=O)C(C=Nc2ccc(Cl)cc2C(F)(F)F)=C(O)C1. The van der Waals surface area contributed by atoms with Crippen LogP contribution in [0.1, 0.15) is 32.3 Å². The third-order valence-corrected chi connectivity index (χ3v) is 3.73. The van der Waals surface area contributed by atoms with E-state index in [1.807, 2.05) is 13.8 Å². The highest BCUT2D eigenvalue weighted by atomic mass is 35.5. The average Bonchev–Trinajstić information content (AvgIpc) is 2.36. The Morgan fingerprint density at radius 2 is 1.96 bits per heavy atom. The molecule has 1 aliphatic rings. The molecule has 1 aliphatic carbocycles. The predicted molar refractivity (Wildman–Crippen MR) is 82.3 cm³/mol. The van der Waals surface area contributed by atoms with Gasteiger partial charge < -0.3 is 5.11 Å². The molecule has 0 radical (unpaired) electrons. The van der Waals surface area contributed by atoms with E-state index in [9.17, 15) is 23.1 Å². The zero-order chi connectivity index (χ0) is 17.4. The Balaban J connectivity index is 2.40. The van der Waals surface area contributed by atoms with E-state index in [2.05, 4.69) is 4.99 Å². The van der Waals surface area contributed by atoms with E-state index in [-0.39, 0.29) is 46.1 Å². The maximum absolute atomic E-state index is 13.0. The molecule has 0 atom stereocenters. The van der Waals surface area contributed by atoms with Crippen LogP contribution in [-0.4, -0.2) is 17.1 Å². The average molecular weight is 346 g/mol. The number of benzene rings is 1. The molecule has 0 spiro atoms. The van der Waals surface area contributed by atoms with Gasteiger partial charge in [0.1, 0.15) is 5.76 Å². The van der Waals surface area contributed by atoms with Crippen molar-refractivity contribution < 1.29 is 23.1 Å². The number of nitrogens with zero attached hydrogens (tertiary/aromatic N) is 1. The number of Topliss-reactive ketones (excluding diaryl/α,β-unsaturated/α-hetero) is 1. The number of allylic oxidation sites excluding steroid dienone is 2. The molecule has 0 amide bonds. The summed E-state index contributed by atoms with van der Waals surface area (Å²) in [6, 6.07) is 3.17. The lowest BCUT2D eigenvalue weighted by atomic mass is 9.77. The second kappa shape index (κ2) is 6.00. The zero-order valence-electron chi connectivity index (χ0n) is 12.5. The highest BCUT2D eigenvalue weighted by Gasteiger charge is 2.34. The summed E-state index contributed by atoms with van der Waals surface area (Å²) >= 11 is 5.59. The maximum atomic E-state index is 13.0. The summed E-state index contributed by atoms with van der Waals surface area (Å²) in [4.78, 5) is 15.8. The fourth-order valence-electron chi connectivity index (χ4n) is 2.43. The Kier molecular flexibility index (Phi) is 4.57. The fourth-order valence-corrected chi connectivity index (χ4v) is 2.60. The molecule has 1 aromatic rings. The summed E-state index contributed by atoms with van der Waals surface area (Å²) in [7, 11) is 0. The van der Waals surface area contributed by atoms with Crippen LogP contribution in [0.3, 0.4) is 0 Å². The van der Waals surface area contributed by atoms with E-state index in [1.54, 1.807) is 0 Å². The van der Waals surface area contributed by atoms with E-state index in [0.717, 1.165) is 18.3 Å². The lowest BCUT2D eigenvalue weighted by Crippen LogP contribution is -2.26. The molecule has 3 nitrogen and oxygen atoms in total. The molecule has 7 heteroatoms. The molecule has 2 rings (SSSR count). The predicted octanol–water partition coefficient (Wildman–Crippen LogP) is 5.26. The summed E-state index contributed by atoms with van der Waals surface area (Å²) in [6.45, 7) is 3.66. The smallest absolute Gasteiger partial charge is 0.418 e. The highest BCUT2D eigenvalue weighted by Crippen LogP contribution is 2.39. The van der Waals surface area contributed by atoms with Crippen molar-refractivity contribution in [2.45, 2.75) is 32.9 Å². The van der Waals surface area contributed by atoms with Gasteiger partial charge in [0.15, 0.2) is 5.78 Å². The zero-order valence-corrected chi connectivity index (χ0v) is 13.3. The van der Waals surface area contributed by atoms with E-state index in [1.165, 1.54) is 6.07 Å². The van der Waals surface area contributed by atoms with Gasteiger partial charge in [-0.25, -0.2) is 0 Å². The molecular weight excluding hydrogens is 331 g/mol. The first-order chi connectivity index (χ1) is 10.5. The third kappa shape index (κ3) is 4.13. The van der Waals surface area contributed by atoms with Gasteiger partial charge in [-0.2, -0.15) is 13.2 Å². The van der Waals surface area contributed by atoms with Crippen molar-refractivity contribution in [2.75, 3.05) is 0 Å². The molecule has 23 heavy (non-hydrogen) atoms. The molecule has 0 saturated heterocycles. The molecule has 0 aromatic heterocycles. The minimum Gasteiger partial charge on any atom is -0.511 e. The number of aliphatic imine (C=N–C) groups is 1. The Labute approximate surface area is 136 Å². The van der Waals surface area contributed by atoms with Gasteiger partial charge in [0.05, 0.1) is 16.8 Å². The van der Waals surface area contributed by atoms with Gasteiger partial charge in [0.2, 0.25) is 0 Å². The lowest BCUT2D eigenvalue weighted by molar-refractivity contribution is -0.137. The molecule has 0 unspecified atom stereocenters. The maximum Gasteiger partial charge on any atom is 0.418 e. The highest BCUT2D eigenvalue weighted by molar-refractivity contribution is 6.30. The number of carbonyl (C=O) groups excluding carboxylic acids is 1. The molecule has 1 aromatic carbocycles. The normalized spacial score (nSPS) is 18.8. The number of aliphatic hydroxyl groups excluding tert-OH is 1. The van der Waals surface area contributed by atoms with Crippen molar-refractivity contribution in [3.63, 3.8) is 0 Å². The number of hydrogen-bond acceptors (Lipinski definition) is 3. The number of ketones is 1. The second-order valence-electron chi connectivity index (χ2n) is 6.22. The first-order valence-electron chi connectivity index (χ1n) is 6.86. The summed E-state index contributed by atoms with van der Waals surface area (Å²) in [6.07, 6.45) is -3.16. The van der Waals surface area contributed by atoms with Crippen LogP contribution in [0, 0.1) is 5.41 Å². The van der Waals surface area contributed by atoms with Crippen LogP contribution in [0.4, 0.5) is 18.9 Å². The number of halogens is 4. The minimum atomic E-state index is -4.62. The Morgan fingerprint density at radius 1 is 1.30 bits per heavy atom. The van der Waals surface area contributed by atoms with E-state index < -0.39 is 11.7 Å². The van der Waals surface area contributed by atoms with Crippen molar-refractivity contribution in [1.82, 2.24) is 0 Å². The van der Waals surface area contributed by atoms with Gasteiger partial charge >= 0.3 is 6.18 Å². The molecule has 0 saturated carbocycles. The lowest BCUT2D eigenvalue weighted by Gasteiger charge is -2.28. The van der Waals surface area contributed by atoms with Crippen molar-refractivity contribution in [2.24, 2.45) is 10.4 Å². The first kappa shape index (κ1) is 17.5. The Hall–Kier alpha value is -1.82. The molecule has 124 valence electrons. The standard InChI is InChI=1S/C16H15ClF3NO2/c1-15(2)6-13(22)10(14(23)7-15)8-21-12-4-3-9(17)5-11(12)16(18,19)20/h3-5,8,22H,6-7H2,1-2H3. The Morgan fingerprint density at radius 3 is 2.52 bits per heavy atom. The van der Waals surface area contributed by atoms with Crippen LogP contribution in [-0.2, 0) is 11.0 Å². The quantitative estimate of drug-likeness (QED) is 0.743. The summed E-state index contributed by atoms with van der Waals surface area (Å²) < 4.78 is 39.0. The van der Waals surface area contributed by atoms with Gasteiger partial charge in [-0.15, -0.1) is 0 Å². The van der Waals surface area contributed by atoms with Crippen molar-refractivity contribution in [1.29, 1.82) is 0 Å². The number of alkyl halides is 3. The topological polar surface area (TPSA) is 49.7 Å². The van der Waals surface area contributed by atoms with E-state index >= 15 is 0 Å². The van der Waals surface area contributed by atoms with Crippen LogP contribution in [0.25, 0.3) is 0 Å². The number of hydrogen-bond donors (Lipinski definition) is 1. The summed E-state index contributed by atoms with van der Waals surface area (Å²) in [5, 5.41) is 9.89. The van der Waals surface area contributed by atoms with Crippen LogP contribution in [0.2, 0.25) is 5.02 Å². The molecule has 0 bridgehead atoms. The van der Waals surface area contributed by atoms with Gasteiger partial charge in [0.25, 0.3) is 0 Å². The number of rotatable bonds is 2. The van der Waals surface area contributed by atoms with Crippen molar-refractivity contribution >= 4 is 29.3 Å². The molecule has 0 heterocycles. The van der Waals surface area contributed by atoms with Crippen molar-refractivity contribution in [3.8, 4) is 0 Å². The number of carbonyl (C=O) groups is 1. The van der Waals surface area contributed by atoms with Gasteiger partial charge in [0, 0.05) is 24.1 Å². The molecule has 0 fully saturated rings. The third-order valence-electron chi connectivity index (χ3n) is 3.49. The largest absolute Gasteiger partial charge is 0.511 e. The van der Waals surface area contributed by atoms with Crippen LogP contribution in [0.15, 0.2) is 34.5 Å². The van der Waals surface area contributed by atoms with Gasteiger partial charge in [-0.3, -0.25) is 9.79 Å². The monoisotopic (exact) mass is 345 g/mol. The van der Waals surface area contributed by atoms with Gasteiger partial charge in [-0.05, 0) is 23.6 Å². The fraction of sp³-hybridized carbons (Fsp3) is 0.375. The summed E-state index contributed by atoms with van der Waals surface area (Å²) in [5.74, 6) is -0.498. The minimum absolute atomic E-state index is 0.0487. The summed E-state index contributed by atoms with van der Waals surface area (Å²) in [5.41, 5.74) is -1.78. The second-order valence-corrected chi connectivity index (χ2v) is 6.66. The Bertz CT molecular complexity index is 706. The molecular formula is C16H15ClF3NO2. The van der Waals surface area contributed by atoms with Gasteiger partial charge in [-0.1, -0.05) is 25.4 Å². The van der Waals surface area contributed by atoms with E-state index in [4.69, 9.17) is 11.6 Å². The molecule has 0 aliphatic heterocycles. The van der Waals surface area contributed by atoms with Crippen LogP contribution >= 0.6 is 11.6 Å². The van der Waals surface area contributed by atoms with Crippen LogP contribution in [0.5, 0.6) is 0 Å². The van der Waals surface area contributed by atoms with Crippen molar-refractivity contribution in [3.05, 3.63) is 40.1 Å². The van der Waals surface area contributed by atoms with E-state index in [0.29, 0.717) is 0 Å². The van der Waals surface area contributed by atoms with Crippen LogP contribution < -0.4 is 0 Å². The number of aliphatic hydroxyl groups is 1. The first-order valence-corrected chi connectivity index (χ1v) is 7.23.